The molecular weight excluding hydrogens is 260 g/mol. The Hall–Kier alpha value is -1.92. The van der Waals surface area contributed by atoms with Gasteiger partial charge in [-0.15, -0.1) is 5.10 Å². The second kappa shape index (κ2) is 6.49. The Bertz CT molecular complexity index is 486. The van der Waals surface area contributed by atoms with Gasteiger partial charge in [0.2, 0.25) is 5.91 Å². The summed E-state index contributed by atoms with van der Waals surface area (Å²) in [5.74, 6) is -0.121. The van der Waals surface area contributed by atoms with Gasteiger partial charge in [-0.25, -0.2) is 9.48 Å². The van der Waals surface area contributed by atoms with E-state index in [-0.39, 0.29) is 18.1 Å². The van der Waals surface area contributed by atoms with E-state index in [9.17, 15) is 9.59 Å². The molecule has 7 nitrogen and oxygen atoms in total. The summed E-state index contributed by atoms with van der Waals surface area (Å²) in [6.45, 7) is 2.91. The number of carbonyl (C=O) groups is 2. The van der Waals surface area contributed by atoms with Crippen LogP contribution in [0.25, 0.3) is 0 Å². The predicted molar refractivity (Wildman–Crippen MR) is 71.1 cm³/mol. The van der Waals surface area contributed by atoms with Gasteiger partial charge in [-0.05, 0) is 18.3 Å². The van der Waals surface area contributed by atoms with Gasteiger partial charge in [0.15, 0.2) is 5.69 Å². The molecule has 2 unspecified atom stereocenters. The Morgan fingerprint density at radius 3 is 2.85 bits per heavy atom. The van der Waals surface area contributed by atoms with Crippen molar-refractivity contribution in [2.45, 2.75) is 39.2 Å². The fourth-order valence-electron chi connectivity index (χ4n) is 2.62. The summed E-state index contributed by atoms with van der Waals surface area (Å²) < 4.78 is 1.24. The zero-order chi connectivity index (χ0) is 14.5. The Morgan fingerprint density at radius 1 is 1.45 bits per heavy atom. The minimum atomic E-state index is -1.15. The van der Waals surface area contributed by atoms with Crippen LogP contribution in [0.3, 0.4) is 0 Å². The minimum Gasteiger partial charge on any atom is -0.476 e. The lowest BCUT2D eigenvalue weighted by Crippen LogP contribution is -2.35. The first-order chi connectivity index (χ1) is 9.56. The van der Waals surface area contributed by atoms with E-state index in [2.05, 4.69) is 22.6 Å². The largest absolute Gasteiger partial charge is 0.476 e. The average Bonchev–Trinajstić information content (AvgIpc) is 2.86. The van der Waals surface area contributed by atoms with E-state index >= 15 is 0 Å². The highest BCUT2D eigenvalue weighted by Crippen LogP contribution is 2.28. The molecule has 20 heavy (non-hydrogen) atoms. The highest BCUT2D eigenvalue weighted by molar-refractivity contribution is 5.84. The molecule has 0 aliphatic heterocycles. The van der Waals surface area contributed by atoms with Crippen LogP contribution in [0.4, 0.5) is 0 Å². The van der Waals surface area contributed by atoms with Gasteiger partial charge in [0.1, 0.15) is 6.54 Å². The van der Waals surface area contributed by atoms with Gasteiger partial charge in [-0.2, -0.15) is 0 Å². The van der Waals surface area contributed by atoms with E-state index in [1.807, 2.05) is 0 Å². The van der Waals surface area contributed by atoms with Crippen molar-refractivity contribution in [3.63, 3.8) is 0 Å². The standard InChI is InChI=1S/C13H20N4O3/c1-9-4-2-3-5-10(9)6-14-12(18)8-17-7-11(13(19)20)15-16-17/h7,9-10H,2-6,8H2,1H3,(H,14,18)(H,19,20). The molecule has 0 radical (unpaired) electrons. The van der Waals surface area contributed by atoms with Crippen molar-refractivity contribution in [1.82, 2.24) is 20.3 Å². The molecule has 1 fully saturated rings. The maximum absolute atomic E-state index is 11.8. The van der Waals surface area contributed by atoms with Crippen LogP contribution in [0, 0.1) is 11.8 Å². The van der Waals surface area contributed by atoms with Crippen LogP contribution in [0.2, 0.25) is 0 Å². The number of aromatic carboxylic acids is 1. The van der Waals surface area contributed by atoms with Crippen molar-refractivity contribution in [2.24, 2.45) is 11.8 Å². The lowest BCUT2D eigenvalue weighted by atomic mass is 9.80. The molecular formula is C13H20N4O3. The summed E-state index contributed by atoms with van der Waals surface area (Å²) in [5, 5.41) is 18.7. The third kappa shape index (κ3) is 3.79. The fraction of sp³-hybridized carbons (Fsp3) is 0.692. The van der Waals surface area contributed by atoms with Gasteiger partial charge >= 0.3 is 5.97 Å². The maximum atomic E-state index is 11.8. The molecule has 1 aromatic rings. The summed E-state index contributed by atoms with van der Waals surface area (Å²) in [6, 6.07) is 0. The Morgan fingerprint density at radius 2 is 2.20 bits per heavy atom. The summed E-state index contributed by atoms with van der Waals surface area (Å²) in [6.07, 6.45) is 6.16. The average molecular weight is 280 g/mol. The van der Waals surface area contributed by atoms with Gasteiger partial charge in [-0.1, -0.05) is 31.4 Å². The van der Waals surface area contributed by atoms with Crippen LogP contribution in [0.5, 0.6) is 0 Å². The lowest BCUT2D eigenvalue weighted by Gasteiger charge is -2.28. The van der Waals surface area contributed by atoms with Gasteiger partial charge in [0.05, 0.1) is 6.20 Å². The number of carbonyl (C=O) groups excluding carboxylic acids is 1. The zero-order valence-electron chi connectivity index (χ0n) is 11.6. The topological polar surface area (TPSA) is 97.1 Å². The van der Waals surface area contributed by atoms with E-state index in [4.69, 9.17) is 5.11 Å². The summed E-state index contributed by atoms with van der Waals surface area (Å²) in [7, 11) is 0. The van der Waals surface area contributed by atoms with E-state index < -0.39 is 5.97 Å². The van der Waals surface area contributed by atoms with Crippen LogP contribution in [0.15, 0.2) is 6.20 Å². The third-order valence-electron chi connectivity index (χ3n) is 3.91. The number of amides is 1. The lowest BCUT2D eigenvalue weighted by molar-refractivity contribution is -0.122. The van der Waals surface area contributed by atoms with Crippen molar-refractivity contribution in [2.75, 3.05) is 6.54 Å². The van der Waals surface area contributed by atoms with Crippen molar-refractivity contribution >= 4 is 11.9 Å². The smallest absolute Gasteiger partial charge is 0.358 e. The molecule has 2 rings (SSSR count). The van der Waals surface area contributed by atoms with Crippen LogP contribution in [-0.4, -0.2) is 38.5 Å². The zero-order valence-corrected chi connectivity index (χ0v) is 11.6. The normalized spacial score (nSPS) is 22.4. The number of nitrogens with one attached hydrogen (secondary N) is 1. The van der Waals surface area contributed by atoms with Crippen LogP contribution >= 0.6 is 0 Å². The second-order valence-electron chi connectivity index (χ2n) is 5.43. The third-order valence-corrected chi connectivity index (χ3v) is 3.91. The van der Waals surface area contributed by atoms with Crippen molar-refractivity contribution in [1.29, 1.82) is 0 Å². The summed E-state index contributed by atoms with van der Waals surface area (Å²) in [5.41, 5.74) is -0.154. The molecule has 0 bridgehead atoms. The Labute approximate surface area is 117 Å². The predicted octanol–water partition coefficient (Wildman–Crippen LogP) is 0.919. The number of rotatable bonds is 5. The quantitative estimate of drug-likeness (QED) is 0.836. The van der Waals surface area contributed by atoms with E-state index in [1.165, 1.54) is 30.1 Å². The maximum Gasteiger partial charge on any atom is 0.358 e. The Balaban J connectivity index is 1.78. The number of nitrogens with zero attached hydrogens (tertiary/aromatic N) is 3. The summed E-state index contributed by atoms with van der Waals surface area (Å²) in [4.78, 5) is 22.4. The molecule has 1 aliphatic rings. The highest BCUT2D eigenvalue weighted by atomic mass is 16.4. The molecule has 0 saturated heterocycles. The number of aromatic nitrogens is 3. The van der Waals surface area contributed by atoms with E-state index in [1.54, 1.807) is 0 Å². The van der Waals surface area contributed by atoms with Gasteiger partial charge < -0.3 is 10.4 Å². The van der Waals surface area contributed by atoms with E-state index in [0.717, 1.165) is 6.42 Å². The van der Waals surface area contributed by atoms with E-state index in [0.29, 0.717) is 18.4 Å². The number of carboxylic acids is 1. The minimum absolute atomic E-state index is 0.00137. The SMILES string of the molecule is CC1CCCCC1CNC(=O)Cn1cc(C(=O)O)nn1. The molecule has 7 heteroatoms. The molecule has 1 aliphatic carbocycles. The molecule has 110 valence electrons. The molecule has 1 aromatic heterocycles. The van der Waals surface area contributed by atoms with Crippen LogP contribution in [-0.2, 0) is 11.3 Å². The number of hydrogen-bond donors (Lipinski definition) is 2. The van der Waals surface area contributed by atoms with Gasteiger partial charge in [0.25, 0.3) is 0 Å². The second-order valence-corrected chi connectivity index (χ2v) is 5.43. The molecule has 0 spiro atoms. The molecule has 1 heterocycles. The monoisotopic (exact) mass is 280 g/mol. The molecule has 2 atom stereocenters. The molecule has 1 saturated carbocycles. The first-order valence-electron chi connectivity index (χ1n) is 6.96. The summed E-state index contributed by atoms with van der Waals surface area (Å²) >= 11 is 0. The van der Waals surface area contributed by atoms with Gasteiger partial charge in [-0.3, -0.25) is 4.79 Å². The first kappa shape index (κ1) is 14.5. The van der Waals surface area contributed by atoms with Gasteiger partial charge in [0, 0.05) is 6.54 Å². The van der Waals surface area contributed by atoms with Crippen molar-refractivity contribution in [3.8, 4) is 0 Å². The fourth-order valence-corrected chi connectivity index (χ4v) is 2.62. The van der Waals surface area contributed by atoms with Crippen molar-refractivity contribution < 1.29 is 14.7 Å². The molecule has 1 amide bonds. The highest BCUT2D eigenvalue weighted by Gasteiger charge is 2.21. The van der Waals surface area contributed by atoms with Crippen LogP contribution in [0.1, 0.15) is 43.1 Å². The molecule has 2 N–H and O–H groups in total. The van der Waals surface area contributed by atoms with Crippen molar-refractivity contribution in [3.05, 3.63) is 11.9 Å². The molecule has 0 aromatic carbocycles. The Kier molecular flexibility index (Phi) is 4.70. The number of carboxylic acid groups (broad SMARTS) is 1. The van der Waals surface area contributed by atoms with Crippen LogP contribution < -0.4 is 5.32 Å². The number of hydrogen-bond acceptors (Lipinski definition) is 4. The first-order valence-corrected chi connectivity index (χ1v) is 6.96.